The van der Waals surface area contributed by atoms with Crippen LogP contribution in [0.15, 0.2) is 47.4 Å². The fraction of sp³-hybridized carbons (Fsp3) is 0.333. The van der Waals surface area contributed by atoms with Gasteiger partial charge in [0.2, 0.25) is 0 Å². The predicted molar refractivity (Wildman–Crippen MR) is 133 cm³/mol. The van der Waals surface area contributed by atoms with Crippen LogP contribution >= 0.6 is 23.7 Å². The smallest absolute Gasteiger partial charge is 0.270 e. The first kappa shape index (κ1) is 26.7. The number of para-hydroxylation sites is 1. The molecule has 1 heterocycles. The second-order valence-electron chi connectivity index (χ2n) is 7.16. The summed E-state index contributed by atoms with van der Waals surface area (Å²) in [6, 6.07) is 10.4. The van der Waals surface area contributed by atoms with Crippen LogP contribution in [0.1, 0.15) is 24.2 Å². The lowest BCUT2D eigenvalue weighted by Gasteiger charge is -2.24. The molecule has 0 saturated carbocycles. The van der Waals surface area contributed by atoms with E-state index >= 15 is 0 Å². The highest BCUT2D eigenvalue weighted by molar-refractivity contribution is 7.91. The number of hydrogen-bond donors (Lipinski definition) is 0. The maximum absolute atomic E-state index is 13.4. The van der Waals surface area contributed by atoms with E-state index in [2.05, 4.69) is 9.88 Å². The zero-order chi connectivity index (χ0) is 23.5. The highest BCUT2D eigenvalue weighted by atomic mass is 35.5. The number of amides is 1. The molecule has 0 spiro atoms. The lowest BCUT2D eigenvalue weighted by molar-refractivity contribution is -0.384. The molecule has 12 heteroatoms. The Balaban J connectivity index is 0.00000385. The van der Waals surface area contributed by atoms with Crippen molar-refractivity contribution in [2.45, 2.75) is 18.7 Å². The normalized spacial score (nSPS) is 11.4. The number of anilines is 1. The van der Waals surface area contributed by atoms with Gasteiger partial charge in [0.25, 0.3) is 11.6 Å². The Morgan fingerprint density at radius 3 is 2.39 bits per heavy atom. The number of likely N-dealkylation sites (N-methyl/N-ethyl adjacent to an activating group) is 1. The monoisotopic (exact) mass is 512 g/mol. The standard InChI is InChI=1S/C21H24N4O5S2.ClH/c1-4-23(5-2)12-13-24(20(26)15-8-6-9-16(14-15)25(27)28)21-22-19-17(31-21)10-7-11-18(19)32(3,29)30;/h6-11,14H,4-5,12-13H2,1-3H3;1H. The van der Waals surface area contributed by atoms with Crippen molar-refractivity contribution in [3.05, 3.63) is 58.1 Å². The van der Waals surface area contributed by atoms with Crippen molar-refractivity contribution in [3.63, 3.8) is 0 Å². The average molecular weight is 513 g/mol. The third-order valence-electron chi connectivity index (χ3n) is 5.08. The van der Waals surface area contributed by atoms with Crippen LogP contribution in [0.2, 0.25) is 0 Å². The summed E-state index contributed by atoms with van der Waals surface area (Å²) in [6.07, 6.45) is 1.12. The number of carbonyl (C=O) groups is 1. The van der Waals surface area contributed by atoms with E-state index in [-0.39, 0.29) is 28.6 Å². The SMILES string of the molecule is CCN(CC)CCN(C(=O)c1cccc([N+](=O)[O-])c1)c1nc2c(S(C)(=O)=O)cccc2s1.Cl. The quantitative estimate of drug-likeness (QED) is 0.314. The Hall–Kier alpha value is -2.60. The predicted octanol–water partition coefficient (Wildman–Crippen LogP) is 4.02. The summed E-state index contributed by atoms with van der Waals surface area (Å²) in [4.78, 5) is 32.2. The summed E-state index contributed by atoms with van der Waals surface area (Å²) in [6.45, 7) is 6.51. The van der Waals surface area contributed by atoms with Crippen LogP contribution in [0.5, 0.6) is 0 Å². The van der Waals surface area contributed by atoms with Gasteiger partial charge >= 0.3 is 0 Å². The lowest BCUT2D eigenvalue weighted by Crippen LogP contribution is -2.38. The van der Waals surface area contributed by atoms with Crippen molar-refractivity contribution in [1.82, 2.24) is 9.88 Å². The molecular formula is C21H25ClN4O5S2. The molecule has 0 atom stereocenters. The van der Waals surface area contributed by atoms with Gasteiger partial charge in [0.1, 0.15) is 5.52 Å². The van der Waals surface area contributed by atoms with Crippen LogP contribution in [0.4, 0.5) is 10.8 Å². The maximum Gasteiger partial charge on any atom is 0.270 e. The third-order valence-corrected chi connectivity index (χ3v) is 7.26. The van der Waals surface area contributed by atoms with E-state index < -0.39 is 20.7 Å². The number of nitrogens with zero attached hydrogens (tertiary/aromatic N) is 4. The van der Waals surface area contributed by atoms with Gasteiger partial charge < -0.3 is 4.90 Å². The number of fused-ring (bicyclic) bond motifs is 1. The second kappa shape index (κ2) is 11.0. The van der Waals surface area contributed by atoms with Crippen LogP contribution in [0, 0.1) is 10.1 Å². The zero-order valence-electron chi connectivity index (χ0n) is 18.4. The third kappa shape index (κ3) is 6.05. The Kier molecular flexibility index (Phi) is 8.89. The minimum absolute atomic E-state index is 0. The molecule has 0 aliphatic heterocycles. The molecule has 9 nitrogen and oxygen atoms in total. The molecule has 0 unspecified atom stereocenters. The Morgan fingerprint density at radius 2 is 1.79 bits per heavy atom. The molecule has 1 amide bonds. The van der Waals surface area contributed by atoms with Crippen molar-refractivity contribution in [2.75, 3.05) is 37.3 Å². The molecule has 3 rings (SSSR count). The van der Waals surface area contributed by atoms with Gasteiger partial charge in [-0.3, -0.25) is 19.8 Å². The molecule has 1 aromatic heterocycles. The summed E-state index contributed by atoms with van der Waals surface area (Å²) in [5, 5.41) is 11.5. The molecule has 0 radical (unpaired) electrons. The minimum atomic E-state index is -3.51. The number of thiazole rings is 1. The Morgan fingerprint density at radius 1 is 1.12 bits per heavy atom. The van der Waals surface area contributed by atoms with Crippen molar-refractivity contribution in [2.24, 2.45) is 0 Å². The molecule has 0 aliphatic rings. The molecule has 0 bridgehead atoms. The molecule has 3 aromatic rings. The molecule has 0 fully saturated rings. The Bertz CT molecular complexity index is 1260. The van der Waals surface area contributed by atoms with Gasteiger partial charge in [-0.2, -0.15) is 0 Å². The van der Waals surface area contributed by atoms with Crippen molar-refractivity contribution in [3.8, 4) is 0 Å². The second-order valence-corrected chi connectivity index (χ2v) is 10.2. The Labute approximate surface area is 202 Å². The molecule has 2 aromatic carbocycles. The van der Waals surface area contributed by atoms with Crippen molar-refractivity contribution < 1.29 is 18.1 Å². The van der Waals surface area contributed by atoms with E-state index in [1.807, 2.05) is 13.8 Å². The van der Waals surface area contributed by atoms with Gasteiger partial charge in [0.05, 0.1) is 14.5 Å². The van der Waals surface area contributed by atoms with Crippen LogP contribution in [-0.4, -0.2) is 61.6 Å². The van der Waals surface area contributed by atoms with Crippen molar-refractivity contribution >= 4 is 60.5 Å². The minimum Gasteiger partial charge on any atom is -0.302 e. The number of benzene rings is 2. The van der Waals surface area contributed by atoms with Crippen LogP contribution in [-0.2, 0) is 9.84 Å². The number of nitro benzene ring substituents is 1. The van der Waals surface area contributed by atoms with Crippen molar-refractivity contribution in [1.29, 1.82) is 0 Å². The largest absolute Gasteiger partial charge is 0.302 e. The summed E-state index contributed by atoms with van der Waals surface area (Å²) < 4.78 is 25.0. The first-order valence-corrected chi connectivity index (χ1v) is 12.7. The first-order valence-electron chi connectivity index (χ1n) is 10.0. The van der Waals surface area contributed by atoms with Gasteiger partial charge in [0, 0.05) is 37.0 Å². The van der Waals surface area contributed by atoms with Gasteiger partial charge in [-0.15, -0.1) is 12.4 Å². The van der Waals surface area contributed by atoms with Gasteiger partial charge in [-0.1, -0.05) is 37.3 Å². The lowest BCUT2D eigenvalue weighted by atomic mass is 10.2. The maximum atomic E-state index is 13.4. The number of rotatable bonds is 9. The summed E-state index contributed by atoms with van der Waals surface area (Å²) in [5.74, 6) is -0.430. The number of aromatic nitrogens is 1. The zero-order valence-corrected chi connectivity index (χ0v) is 20.9. The fourth-order valence-electron chi connectivity index (χ4n) is 3.30. The van der Waals surface area contributed by atoms with E-state index in [1.54, 1.807) is 12.1 Å². The molecule has 0 N–H and O–H groups in total. The fourth-order valence-corrected chi connectivity index (χ4v) is 5.21. The molecule has 0 aliphatic carbocycles. The van der Waals surface area contributed by atoms with E-state index in [0.717, 1.165) is 19.3 Å². The van der Waals surface area contributed by atoms with Gasteiger partial charge in [-0.05, 0) is 31.3 Å². The number of nitro groups is 1. The number of carbonyl (C=O) groups excluding carboxylic acids is 1. The average Bonchev–Trinajstić information content (AvgIpc) is 3.19. The summed E-state index contributed by atoms with van der Waals surface area (Å²) in [5.41, 5.74) is 0.305. The highest BCUT2D eigenvalue weighted by Crippen LogP contribution is 2.33. The number of sulfone groups is 1. The first-order chi connectivity index (χ1) is 15.2. The molecule has 33 heavy (non-hydrogen) atoms. The van der Waals surface area contributed by atoms with Crippen LogP contribution in [0.25, 0.3) is 10.2 Å². The summed E-state index contributed by atoms with van der Waals surface area (Å²) in [7, 11) is -3.51. The number of non-ortho nitro benzene ring substituents is 1. The van der Waals surface area contributed by atoms with Gasteiger partial charge in [0.15, 0.2) is 15.0 Å². The topological polar surface area (TPSA) is 114 Å². The summed E-state index contributed by atoms with van der Waals surface area (Å²) >= 11 is 1.21. The number of halogens is 1. The van der Waals surface area contributed by atoms with Crippen LogP contribution < -0.4 is 4.90 Å². The highest BCUT2D eigenvalue weighted by Gasteiger charge is 2.25. The van der Waals surface area contributed by atoms with E-state index in [4.69, 9.17) is 0 Å². The van der Waals surface area contributed by atoms with Crippen LogP contribution in [0.3, 0.4) is 0 Å². The van der Waals surface area contributed by atoms with E-state index in [9.17, 15) is 23.3 Å². The molecule has 0 saturated heterocycles. The molecule has 178 valence electrons. The number of hydrogen-bond acceptors (Lipinski definition) is 8. The van der Waals surface area contributed by atoms with Gasteiger partial charge in [-0.25, -0.2) is 13.4 Å². The molecular weight excluding hydrogens is 488 g/mol. The van der Waals surface area contributed by atoms with E-state index in [1.165, 1.54) is 46.6 Å². The van der Waals surface area contributed by atoms with E-state index in [0.29, 0.717) is 28.4 Å².